The maximum absolute atomic E-state index is 12.4. The van der Waals surface area contributed by atoms with Gasteiger partial charge in [0.2, 0.25) is 5.91 Å². The molecular weight excluding hydrogens is 314 g/mol. The summed E-state index contributed by atoms with van der Waals surface area (Å²) in [5.41, 5.74) is 1.93. The van der Waals surface area contributed by atoms with E-state index in [2.05, 4.69) is 21.4 Å². The first-order chi connectivity index (χ1) is 10.7. The molecule has 1 saturated carbocycles. The monoisotopic (exact) mass is 331 g/mol. The van der Waals surface area contributed by atoms with Gasteiger partial charge >= 0.3 is 0 Å². The number of aryl methyl sites for hydroxylation is 1. The molecule has 0 aliphatic heterocycles. The molecule has 1 aromatic carbocycles. The number of rotatable bonds is 2. The Hall–Kier alpha value is -1.53. The van der Waals surface area contributed by atoms with E-state index in [-0.39, 0.29) is 11.8 Å². The summed E-state index contributed by atoms with van der Waals surface area (Å²) in [6, 6.07) is 4.08. The normalized spacial score (nSPS) is 16.4. The van der Waals surface area contributed by atoms with Crippen LogP contribution in [-0.2, 0) is 4.79 Å². The number of carbonyl (C=O) groups excluding carboxylic acids is 1. The van der Waals surface area contributed by atoms with Gasteiger partial charge in [0.25, 0.3) is 0 Å². The first-order valence-corrected chi connectivity index (χ1v) is 9.31. The lowest BCUT2D eigenvalue weighted by atomic mass is 9.89. The van der Waals surface area contributed by atoms with Crippen LogP contribution < -0.4 is 5.32 Å². The summed E-state index contributed by atoms with van der Waals surface area (Å²) in [7, 11) is 0. The minimum Gasteiger partial charge on any atom is -0.302 e. The average Bonchev–Trinajstić information content (AvgIpc) is 3.09. The highest BCUT2D eigenvalue weighted by Gasteiger charge is 2.22. The Morgan fingerprint density at radius 1 is 1.18 bits per heavy atom. The van der Waals surface area contributed by atoms with Crippen LogP contribution in [0.25, 0.3) is 20.4 Å². The number of benzene rings is 1. The highest BCUT2D eigenvalue weighted by Crippen LogP contribution is 2.35. The van der Waals surface area contributed by atoms with Gasteiger partial charge in [-0.15, -0.1) is 11.3 Å². The van der Waals surface area contributed by atoms with Crippen molar-refractivity contribution in [1.29, 1.82) is 0 Å². The number of amides is 1. The first-order valence-electron chi connectivity index (χ1n) is 7.68. The quantitative estimate of drug-likeness (QED) is 0.738. The van der Waals surface area contributed by atoms with Crippen molar-refractivity contribution in [2.24, 2.45) is 5.92 Å². The van der Waals surface area contributed by atoms with Crippen LogP contribution in [-0.4, -0.2) is 15.9 Å². The molecule has 0 unspecified atom stereocenters. The Labute approximate surface area is 136 Å². The maximum atomic E-state index is 12.4. The number of nitrogens with zero attached hydrogens (tertiary/aromatic N) is 2. The van der Waals surface area contributed by atoms with Crippen LogP contribution in [0, 0.1) is 12.8 Å². The maximum Gasteiger partial charge on any atom is 0.229 e. The van der Waals surface area contributed by atoms with Gasteiger partial charge in [0.15, 0.2) is 5.13 Å². The molecule has 1 aliphatic carbocycles. The molecule has 0 spiro atoms. The van der Waals surface area contributed by atoms with Crippen molar-refractivity contribution in [2.75, 3.05) is 5.32 Å². The van der Waals surface area contributed by atoms with Gasteiger partial charge in [-0.2, -0.15) is 0 Å². The van der Waals surface area contributed by atoms with E-state index in [1.165, 1.54) is 22.5 Å². The second kappa shape index (κ2) is 5.59. The molecule has 2 aromatic heterocycles. The minimum atomic E-state index is 0.129. The van der Waals surface area contributed by atoms with Crippen molar-refractivity contribution in [3.8, 4) is 0 Å². The van der Waals surface area contributed by atoms with Crippen LogP contribution in [0.2, 0.25) is 0 Å². The van der Waals surface area contributed by atoms with E-state index >= 15 is 0 Å². The first kappa shape index (κ1) is 14.1. The van der Waals surface area contributed by atoms with Gasteiger partial charge < -0.3 is 5.32 Å². The fraction of sp³-hybridized carbons (Fsp3) is 0.438. The summed E-state index contributed by atoms with van der Waals surface area (Å²) in [6.45, 7) is 2.02. The van der Waals surface area contributed by atoms with Crippen LogP contribution in [0.3, 0.4) is 0 Å². The molecule has 1 fully saturated rings. The lowest BCUT2D eigenvalue weighted by Gasteiger charge is -2.19. The second-order valence-corrected chi connectivity index (χ2v) is 8.07. The third-order valence-corrected chi connectivity index (χ3v) is 6.16. The number of anilines is 1. The van der Waals surface area contributed by atoms with Crippen molar-refractivity contribution in [1.82, 2.24) is 9.97 Å². The summed E-state index contributed by atoms with van der Waals surface area (Å²) in [5, 5.41) is 4.77. The van der Waals surface area contributed by atoms with Gasteiger partial charge in [-0.3, -0.25) is 4.79 Å². The van der Waals surface area contributed by atoms with Gasteiger partial charge in [0.05, 0.1) is 19.9 Å². The fourth-order valence-electron chi connectivity index (χ4n) is 3.11. The van der Waals surface area contributed by atoms with Crippen LogP contribution in [0.15, 0.2) is 12.1 Å². The van der Waals surface area contributed by atoms with E-state index in [1.807, 2.05) is 13.0 Å². The minimum absolute atomic E-state index is 0.129. The number of aromatic nitrogens is 2. The molecule has 0 bridgehead atoms. The summed E-state index contributed by atoms with van der Waals surface area (Å²) >= 11 is 3.23. The molecule has 4 rings (SSSR count). The molecule has 2 heterocycles. The van der Waals surface area contributed by atoms with E-state index in [0.29, 0.717) is 5.13 Å². The molecule has 0 saturated heterocycles. The van der Waals surface area contributed by atoms with E-state index < -0.39 is 0 Å². The molecule has 0 atom stereocenters. The predicted molar refractivity (Wildman–Crippen MR) is 92.7 cm³/mol. The number of carbonyl (C=O) groups is 1. The third kappa shape index (κ3) is 2.50. The second-order valence-electron chi connectivity index (χ2n) is 5.84. The van der Waals surface area contributed by atoms with Gasteiger partial charge in [-0.1, -0.05) is 30.6 Å². The number of nitrogens with one attached hydrogen (secondary N) is 1. The molecule has 22 heavy (non-hydrogen) atoms. The number of hydrogen-bond donors (Lipinski definition) is 1. The molecule has 0 radical (unpaired) electrons. The Kier molecular flexibility index (Phi) is 3.58. The van der Waals surface area contributed by atoms with E-state index in [1.54, 1.807) is 11.3 Å². The van der Waals surface area contributed by atoms with Crippen LogP contribution >= 0.6 is 22.7 Å². The van der Waals surface area contributed by atoms with Crippen molar-refractivity contribution in [2.45, 2.75) is 39.0 Å². The summed E-state index contributed by atoms with van der Waals surface area (Å²) in [4.78, 5) is 21.5. The zero-order chi connectivity index (χ0) is 15.1. The van der Waals surface area contributed by atoms with Crippen LogP contribution in [0.4, 0.5) is 5.13 Å². The summed E-state index contributed by atoms with van der Waals surface area (Å²) < 4.78 is 2.25. The average molecular weight is 331 g/mol. The lowest BCUT2D eigenvalue weighted by Crippen LogP contribution is -2.24. The van der Waals surface area contributed by atoms with Crippen molar-refractivity contribution in [3.63, 3.8) is 0 Å². The highest BCUT2D eigenvalue weighted by molar-refractivity contribution is 7.24. The van der Waals surface area contributed by atoms with Crippen LogP contribution in [0.1, 0.15) is 37.1 Å². The molecule has 114 valence electrons. The lowest BCUT2D eigenvalue weighted by molar-refractivity contribution is -0.120. The largest absolute Gasteiger partial charge is 0.302 e. The Bertz CT molecular complexity index is 846. The molecule has 6 heteroatoms. The zero-order valence-electron chi connectivity index (χ0n) is 12.4. The number of hydrogen-bond acceptors (Lipinski definition) is 5. The van der Waals surface area contributed by atoms with Crippen molar-refractivity contribution < 1.29 is 4.79 Å². The molecule has 4 nitrogen and oxygen atoms in total. The van der Waals surface area contributed by atoms with Crippen molar-refractivity contribution >= 4 is 54.1 Å². The smallest absolute Gasteiger partial charge is 0.229 e. The Balaban J connectivity index is 1.64. The van der Waals surface area contributed by atoms with Gasteiger partial charge in [-0.25, -0.2) is 9.97 Å². The topological polar surface area (TPSA) is 54.9 Å². The summed E-state index contributed by atoms with van der Waals surface area (Å²) in [5.74, 6) is 0.284. The number of thiazole rings is 2. The van der Waals surface area contributed by atoms with Gasteiger partial charge in [-0.05, 0) is 31.9 Å². The predicted octanol–water partition coefficient (Wildman–Crippen LogP) is 4.73. The van der Waals surface area contributed by atoms with Crippen molar-refractivity contribution in [3.05, 3.63) is 17.1 Å². The molecule has 1 aliphatic rings. The number of fused-ring (bicyclic) bond motifs is 3. The molecule has 1 amide bonds. The zero-order valence-corrected chi connectivity index (χ0v) is 14.0. The van der Waals surface area contributed by atoms with E-state index in [4.69, 9.17) is 0 Å². The SMILES string of the molecule is Cc1nc2c(ccc3nc(NC(=O)C4CCCCC4)sc32)s1. The molecule has 1 N–H and O–H groups in total. The fourth-order valence-corrected chi connectivity index (χ4v) is 4.97. The molecular formula is C16H17N3OS2. The summed E-state index contributed by atoms with van der Waals surface area (Å²) in [6.07, 6.45) is 5.60. The third-order valence-electron chi connectivity index (χ3n) is 4.23. The molecule has 3 aromatic rings. The highest BCUT2D eigenvalue weighted by atomic mass is 32.1. The van der Waals surface area contributed by atoms with E-state index in [0.717, 1.165) is 46.4 Å². The standard InChI is InChI=1S/C16H17N3OS2/c1-9-17-13-12(21-9)8-7-11-14(13)22-16(18-11)19-15(20)10-5-3-2-4-6-10/h7-8,10H,2-6H2,1H3,(H,18,19,20). The van der Waals surface area contributed by atoms with E-state index in [9.17, 15) is 4.79 Å². The Morgan fingerprint density at radius 3 is 2.82 bits per heavy atom. The van der Waals surface area contributed by atoms with Gasteiger partial charge in [0, 0.05) is 5.92 Å². The Morgan fingerprint density at radius 2 is 2.00 bits per heavy atom. The van der Waals surface area contributed by atoms with Crippen LogP contribution in [0.5, 0.6) is 0 Å². The van der Waals surface area contributed by atoms with Gasteiger partial charge in [0.1, 0.15) is 5.52 Å².